The van der Waals surface area contributed by atoms with Crippen molar-refractivity contribution in [2.24, 2.45) is 0 Å². The quantitative estimate of drug-likeness (QED) is 0.490. The molecule has 3 aromatic rings. The lowest BCUT2D eigenvalue weighted by Crippen LogP contribution is -2.27. The van der Waals surface area contributed by atoms with Gasteiger partial charge in [0.05, 0.1) is 19.1 Å². The van der Waals surface area contributed by atoms with Crippen molar-refractivity contribution in [3.8, 4) is 11.5 Å². The van der Waals surface area contributed by atoms with Crippen molar-refractivity contribution in [1.82, 2.24) is 9.62 Å². The molecule has 9 heteroatoms. The summed E-state index contributed by atoms with van der Waals surface area (Å²) in [5, 5.41) is 3.32. The molecule has 0 aliphatic carbocycles. The normalized spacial score (nSPS) is 11.3. The third-order valence-electron chi connectivity index (χ3n) is 5.07. The second-order valence-electron chi connectivity index (χ2n) is 7.27. The van der Waals surface area contributed by atoms with E-state index in [2.05, 4.69) is 5.32 Å². The molecule has 0 fully saturated rings. The van der Waals surface area contributed by atoms with Crippen LogP contribution in [0.25, 0.3) is 0 Å². The summed E-state index contributed by atoms with van der Waals surface area (Å²) in [4.78, 5) is 12.8. The molecule has 0 spiro atoms. The summed E-state index contributed by atoms with van der Waals surface area (Å²) in [5.41, 5.74) is 1.89. The number of hydrogen-bond acceptors (Lipinski definition) is 5. The molecule has 0 radical (unpaired) electrons. The number of benzene rings is 3. The predicted molar refractivity (Wildman–Crippen MR) is 127 cm³/mol. The molecular formula is C24H25ClN2O5S. The molecule has 33 heavy (non-hydrogen) atoms. The van der Waals surface area contributed by atoms with Gasteiger partial charge in [-0.15, -0.1) is 0 Å². The first-order valence-corrected chi connectivity index (χ1v) is 11.9. The van der Waals surface area contributed by atoms with E-state index in [1.165, 1.54) is 42.7 Å². The molecule has 0 saturated heterocycles. The number of hydrogen-bond donors (Lipinski definition) is 1. The third-order valence-corrected chi connectivity index (χ3v) is 7.14. The summed E-state index contributed by atoms with van der Waals surface area (Å²) in [7, 11) is 0.806. The van der Waals surface area contributed by atoms with Gasteiger partial charge < -0.3 is 14.8 Å². The van der Waals surface area contributed by atoms with Crippen LogP contribution in [0.5, 0.6) is 11.5 Å². The molecule has 7 nitrogen and oxygen atoms in total. The number of ether oxygens (including phenoxy) is 2. The van der Waals surface area contributed by atoms with Crippen LogP contribution >= 0.6 is 11.6 Å². The summed E-state index contributed by atoms with van der Waals surface area (Å²) in [6.07, 6.45) is 0. The molecule has 0 unspecified atom stereocenters. The molecule has 3 rings (SSSR count). The van der Waals surface area contributed by atoms with Gasteiger partial charge >= 0.3 is 0 Å². The van der Waals surface area contributed by atoms with E-state index in [1.807, 2.05) is 24.3 Å². The number of nitrogens with zero attached hydrogens (tertiary/aromatic N) is 1. The average Bonchev–Trinajstić information content (AvgIpc) is 2.83. The van der Waals surface area contributed by atoms with Crippen LogP contribution in [0.3, 0.4) is 0 Å². The van der Waals surface area contributed by atoms with Gasteiger partial charge in [0, 0.05) is 36.3 Å². The zero-order valence-electron chi connectivity index (χ0n) is 18.5. The Kier molecular flexibility index (Phi) is 7.97. The number of nitrogens with one attached hydrogen (secondary N) is 1. The smallest absolute Gasteiger partial charge is 0.251 e. The van der Waals surface area contributed by atoms with Crippen molar-refractivity contribution in [1.29, 1.82) is 0 Å². The maximum absolute atomic E-state index is 12.9. The maximum atomic E-state index is 12.9. The lowest BCUT2D eigenvalue weighted by Gasteiger charge is -2.19. The summed E-state index contributed by atoms with van der Waals surface area (Å²) in [6, 6.07) is 18.3. The maximum Gasteiger partial charge on any atom is 0.251 e. The Labute approximate surface area is 198 Å². The minimum atomic E-state index is -3.76. The van der Waals surface area contributed by atoms with Gasteiger partial charge in [-0.3, -0.25) is 4.79 Å². The summed E-state index contributed by atoms with van der Waals surface area (Å²) >= 11 is 5.87. The topological polar surface area (TPSA) is 84.9 Å². The Morgan fingerprint density at radius 1 is 0.970 bits per heavy atom. The number of methoxy groups -OCH3 is 2. The van der Waals surface area contributed by atoms with Crippen LogP contribution in [-0.2, 0) is 23.1 Å². The first kappa shape index (κ1) is 24.6. The first-order chi connectivity index (χ1) is 15.7. The highest BCUT2D eigenvalue weighted by molar-refractivity contribution is 7.89. The zero-order chi connectivity index (χ0) is 24.0. The lowest BCUT2D eigenvalue weighted by molar-refractivity contribution is 0.0950. The number of amides is 1. The average molecular weight is 489 g/mol. The largest absolute Gasteiger partial charge is 0.497 e. The van der Waals surface area contributed by atoms with Gasteiger partial charge in [0.2, 0.25) is 10.0 Å². The van der Waals surface area contributed by atoms with Gasteiger partial charge in [0.1, 0.15) is 11.5 Å². The molecule has 0 bridgehead atoms. The molecule has 1 amide bonds. The first-order valence-electron chi connectivity index (χ1n) is 10.0. The van der Waals surface area contributed by atoms with E-state index < -0.39 is 10.0 Å². The monoisotopic (exact) mass is 488 g/mol. The van der Waals surface area contributed by atoms with Crippen LogP contribution in [-0.4, -0.2) is 39.9 Å². The molecule has 0 aromatic heterocycles. The second-order valence-corrected chi connectivity index (χ2v) is 9.75. The molecular weight excluding hydrogens is 464 g/mol. The second kappa shape index (κ2) is 10.7. The van der Waals surface area contributed by atoms with Crippen molar-refractivity contribution in [2.45, 2.75) is 18.0 Å². The molecule has 1 N–H and O–H groups in total. The predicted octanol–water partition coefficient (Wildman–Crippen LogP) is 4.11. The minimum absolute atomic E-state index is 0.0216. The van der Waals surface area contributed by atoms with Crippen molar-refractivity contribution >= 4 is 27.5 Å². The van der Waals surface area contributed by atoms with E-state index in [-0.39, 0.29) is 17.3 Å². The van der Waals surface area contributed by atoms with E-state index in [1.54, 1.807) is 25.3 Å². The lowest BCUT2D eigenvalue weighted by atomic mass is 10.1. The van der Waals surface area contributed by atoms with E-state index in [0.717, 1.165) is 11.3 Å². The minimum Gasteiger partial charge on any atom is -0.497 e. The highest BCUT2D eigenvalue weighted by Gasteiger charge is 2.22. The number of sulfonamides is 1. The van der Waals surface area contributed by atoms with Crippen molar-refractivity contribution in [2.75, 3.05) is 21.3 Å². The number of carbonyl (C=O) groups excluding carboxylic acids is 1. The molecule has 174 valence electrons. The van der Waals surface area contributed by atoms with Crippen molar-refractivity contribution in [3.05, 3.63) is 88.4 Å². The van der Waals surface area contributed by atoms with Gasteiger partial charge in [-0.2, -0.15) is 4.31 Å². The SMILES string of the molecule is COc1ccc(CNC(=O)c2ccc(OC)c(CN(C)S(=O)(=O)c3ccc(Cl)cc3)c2)cc1. The summed E-state index contributed by atoms with van der Waals surface area (Å²) < 4.78 is 37.6. The Bertz CT molecular complexity index is 1210. The number of halogens is 1. The van der Waals surface area contributed by atoms with Crippen LogP contribution < -0.4 is 14.8 Å². The molecule has 3 aromatic carbocycles. The summed E-state index contributed by atoms with van der Waals surface area (Å²) in [5.74, 6) is 0.945. The van der Waals surface area contributed by atoms with Gasteiger partial charge in [-0.25, -0.2) is 8.42 Å². The van der Waals surface area contributed by atoms with E-state index in [0.29, 0.717) is 28.4 Å². The van der Waals surface area contributed by atoms with E-state index >= 15 is 0 Å². The van der Waals surface area contributed by atoms with Gasteiger partial charge in [-0.05, 0) is 60.2 Å². The highest BCUT2D eigenvalue weighted by Crippen LogP contribution is 2.25. The molecule has 0 atom stereocenters. The Hall–Kier alpha value is -3.07. The highest BCUT2D eigenvalue weighted by atomic mass is 35.5. The van der Waals surface area contributed by atoms with Gasteiger partial charge in [0.15, 0.2) is 0 Å². The van der Waals surface area contributed by atoms with Crippen LogP contribution in [0.15, 0.2) is 71.6 Å². The summed E-state index contributed by atoms with van der Waals surface area (Å²) in [6.45, 7) is 0.364. The van der Waals surface area contributed by atoms with Crippen LogP contribution in [0.2, 0.25) is 5.02 Å². The van der Waals surface area contributed by atoms with Gasteiger partial charge in [0.25, 0.3) is 5.91 Å². The fourth-order valence-electron chi connectivity index (χ4n) is 3.18. The number of rotatable bonds is 9. The fourth-order valence-corrected chi connectivity index (χ4v) is 4.46. The Morgan fingerprint density at radius 3 is 2.24 bits per heavy atom. The van der Waals surface area contributed by atoms with Crippen molar-refractivity contribution in [3.63, 3.8) is 0 Å². The molecule has 0 saturated carbocycles. The van der Waals surface area contributed by atoms with E-state index in [4.69, 9.17) is 21.1 Å². The standard InChI is InChI=1S/C24H25ClN2O5S/c1-27(33(29,30)22-11-7-20(25)8-12-22)16-19-14-18(6-13-23(19)32-3)24(28)26-15-17-4-9-21(31-2)10-5-17/h4-14H,15-16H2,1-3H3,(H,26,28). The van der Waals surface area contributed by atoms with Crippen LogP contribution in [0, 0.1) is 0 Å². The van der Waals surface area contributed by atoms with Gasteiger partial charge in [-0.1, -0.05) is 23.7 Å². The molecule has 0 heterocycles. The van der Waals surface area contributed by atoms with Crippen molar-refractivity contribution < 1.29 is 22.7 Å². The van der Waals surface area contributed by atoms with Crippen LogP contribution in [0.4, 0.5) is 0 Å². The molecule has 0 aliphatic heterocycles. The number of carbonyl (C=O) groups is 1. The third kappa shape index (κ3) is 6.04. The Morgan fingerprint density at radius 2 is 1.64 bits per heavy atom. The fraction of sp³-hybridized carbons (Fsp3) is 0.208. The van der Waals surface area contributed by atoms with E-state index in [9.17, 15) is 13.2 Å². The Balaban J connectivity index is 1.75. The molecule has 0 aliphatic rings. The zero-order valence-corrected chi connectivity index (χ0v) is 20.1. The van der Waals surface area contributed by atoms with Crippen LogP contribution in [0.1, 0.15) is 21.5 Å².